The molecule has 0 saturated carbocycles. The molecule has 3 nitrogen and oxygen atoms in total. The molecule has 1 aliphatic rings. The lowest BCUT2D eigenvalue weighted by Gasteiger charge is -2.04. The third-order valence-corrected chi connectivity index (χ3v) is 4.77. The number of anilines is 1. The zero-order valence-corrected chi connectivity index (χ0v) is 12.1. The van der Waals surface area contributed by atoms with E-state index in [0.717, 1.165) is 31.7 Å². The summed E-state index contributed by atoms with van der Waals surface area (Å²) in [4.78, 5) is 17.0. The van der Waals surface area contributed by atoms with Crippen LogP contribution in [0, 0.1) is 11.9 Å². The van der Waals surface area contributed by atoms with Crippen molar-refractivity contribution in [2.75, 3.05) is 5.32 Å². The van der Waals surface area contributed by atoms with Crippen molar-refractivity contribution in [1.82, 2.24) is 4.98 Å². The van der Waals surface area contributed by atoms with Gasteiger partial charge in [0.15, 0.2) is 0 Å². The number of aryl methyl sites for hydroxylation is 2. The Bertz CT molecular complexity index is 661. The number of carbonyl (C=O) groups excluding carboxylic acids is 1. The number of aromatic nitrogens is 1. The van der Waals surface area contributed by atoms with Crippen LogP contribution in [0.5, 0.6) is 0 Å². The van der Waals surface area contributed by atoms with E-state index in [1.165, 1.54) is 34.3 Å². The fraction of sp³-hybridized carbons (Fsp3) is 0.333. The number of fused-ring (bicyclic) bond motifs is 1. The van der Waals surface area contributed by atoms with E-state index >= 15 is 0 Å². The second kappa shape index (κ2) is 5.89. The summed E-state index contributed by atoms with van der Waals surface area (Å²) in [7, 11) is 0. The van der Waals surface area contributed by atoms with Crippen LogP contribution in [0.25, 0.3) is 0 Å². The molecule has 0 saturated heterocycles. The highest BCUT2D eigenvalue weighted by Gasteiger charge is 2.17. The molecule has 0 unspecified atom stereocenters. The number of rotatable bonds is 2. The molecule has 0 aromatic carbocycles. The van der Waals surface area contributed by atoms with Gasteiger partial charge in [-0.2, -0.15) is 13.8 Å². The van der Waals surface area contributed by atoms with Gasteiger partial charge in [0, 0.05) is 4.88 Å². The molecule has 0 radical (unpaired) electrons. The summed E-state index contributed by atoms with van der Waals surface area (Å²) in [6, 6.07) is 4.08. The number of hydrogen-bond acceptors (Lipinski definition) is 3. The van der Waals surface area contributed by atoms with Crippen molar-refractivity contribution < 1.29 is 13.6 Å². The maximum absolute atomic E-state index is 13.4. The van der Waals surface area contributed by atoms with E-state index in [0.29, 0.717) is 4.88 Å². The predicted octanol–water partition coefficient (Wildman–Crippen LogP) is 3.94. The fourth-order valence-electron chi connectivity index (χ4n) is 2.47. The molecule has 110 valence electrons. The fourth-order valence-corrected chi connectivity index (χ4v) is 3.62. The van der Waals surface area contributed by atoms with Crippen LogP contribution >= 0.6 is 11.3 Å². The summed E-state index contributed by atoms with van der Waals surface area (Å²) in [5.74, 6) is -2.30. The lowest BCUT2D eigenvalue weighted by molar-refractivity contribution is 0.102. The van der Waals surface area contributed by atoms with Crippen LogP contribution in [-0.4, -0.2) is 10.9 Å². The summed E-state index contributed by atoms with van der Waals surface area (Å²) in [6.45, 7) is 0. The lowest BCUT2D eigenvalue weighted by Crippen LogP contribution is -2.12. The number of halogens is 2. The zero-order valence-electron chi connectivity index (χ0n) is 11.3. The third kappa shape index (κ3) is 3.10. The number of hydrogen-bond donors (Lipinski definition) is 1. The zero-order chi connectivity index (χ0) is 14.8. The molecule has 1 N–H and O–H groups in total. The first-order chi connectivity index (χ1) is 10.1. The summed E-state index contributed by atoms with van der Waals surface area (Å²) in [5.41, 5.74) is 1.12. The minimum absolute atomic E-state index is 0.106. The van der Waals surface area contributed by atoms with Crippen LogP contribution < -0.4 is 5.32 Å². The van der Waals surface area contributed by atoms with Crippen LogP contribution in [-0.2, 0) is 12.8 Å². The van der Waals surface area contributed by atoms with E-state index in [9.17, 15) is 13.6 Å². The number of nitrogens with one attached hydrogen (secondary N) is 1. The highest BCUT2D eigenvalue weighted by atomic mass is 32.1. The molecular weight excluding hydrogens is 294 g/mol. The monoisotopic (exact) mass is 308 g/mol. The molecular formula is C15H14F2N2OS. The van der Waals surface area contributed by atoms with Gasteiger partial charge in [-0.25, -0.2) is 0 Å². The normalized spacial score (nSPS) is 14.4. The van der Waals surface area contributed by atoms with Gasteiger partial charge in [-0.3, -0.25) is 4.79 Å². The van der Waals surface area contributed by atoms with E-state index in [4.69, 9.17) is 0 Å². The van der Waals surface area contributed by atoms with Crippen LogP contribution in [0.15, 0.2) is 18.2 Å². The largest absolute Gasteiger partial charge is 0.317 e. The Balaban J connectivity index is 1.79. The van der Waals surface area contributed by atoms with E-state index in [1.54, 1.807) is 0 Å². The van der Waals surface area contributed by atoms with Crippen molar-refractivity contribution in [3.63, 3.8) is 0 Å². The number of carbonyl (C=O) groups is 1. The van der Waals surface area contributed by atoms with Crippen molar-refractivity contribution in [2.24, 2.45) is 0 Å². The minimum Gasteiger partial charge on any atom is -0.317 e. The molecule has 1 aliphatic carbocycles. The Morgan fingerprint density at radius 3 is 2.81 bits per heavy atom. The Kier molecular flexibility index (Phi) is 3.96. The van der Waals surface area contributed by atoms with Crippen molar-refractivity contribution >= 4 is 22.9 Å². The molecule has 3 rings (SSSR count). The molecule has 0 aliphatic heterocycles. The van der Waals surface area contributed by atoms with Gasteiger partial charge in [0.05, 0.1) is 10.6 Å². The highest BCUT2D eigenvalue weighted by Crippen LogP contribution is 2.29. The molecule has 2 aromatic heterocycles. The van der Waals surface area contributed by atoms with Gasteiger partial charge >= 0.3 is 0 Å². The first kappa shape index (κ1) is 14.1. The van der Waals surface area contributed by atoms with Crippen LogP contribution in [0.4, 0.5) is 14.5 Å². The van der Waals surface area contributed by atoms with Gasteiger partial charge < -0.3 is 5.32 Å². The van der Waals surface area contributed by atoms with E-state index in [-0.39, 0.29) is 11.6 Å². The summed E-state index contributed by atoms with van der Waals surface area (Å²) >= 11 is 1.46. The standard InChI is InChI=1S/C15H14F2N2OS/c16-13-7-6-10(14(17)19-13)18-15(20)12-8-9-4-2-1-3-5-11(9)21-12/h6-8H,1-5H2,(H,18,20). The molecule has 0 atom stereocenters. The molecule has 6 heteroatoms. The van der Waals surface area contributed by atoms with Crippen molar-refractivity contribution in [2.45, 2.75) is 32.1 Å². The second-order valence-corrected chi connectivity index (χ2v) is 6.18. The maximum Gasteiger partial charge on any atom is 0.265 e. The molecule has 0 fully saturated rings. The Morgan fingerprint density at radius 1 is 1.19 bits per heavy atom. The summed E-state index contributed by atoms with van der Waals surface area (Å²) in [6.07, 6.45) is 5.49. The molecule has 0 spiro atoms. The molecule has 2 aromatic rings. The smallest absolute Gasteiger partial charge is 0.265 e. The Morgan fingerprint density at radius 2 is 2.00 bits per heavy atom. The second-order valence-electron chi connectivity index (χ2n) is 5.05. The molecule has 1 amide bonds. The Hall–Kier alpha value is -1.82. The quantitative estimate of drug-likeness (QED) is 0.674. The van der Waals surface area contributed by atoms with Crippen LogP contribution in [0.2, 0.25) is 0 Å². The van der Waals surface area contributed by atoms with Gasteiger partial charge in [-0.1, -0.05) is 6.42 Å². The number of thiophene rings is 1. The average Bonchev–Trinajstić information content (AvgIpc) is 2.73. The predicted molar refractivity (Wildman–Crippen MR) is 77.7 cm³/mol. The van der Waals surface area contributed by atoms with Crippen molar-refractivity contribution in [3.8, 4) is 0 Å². The van der Waals surface area contributed by atoms with Gasteiger partial charge in [-0.05, 0) is 49.4 Å². The topological polar surface area (TPSA) is 42.0 Å². The van der Waals surface area contributed by atoms with Gasteiger partial charge in [-0.15, -0.1) is 11.3 Å². The van der Waals surface area contributed by atoms with Gasteiger partial charge in [0.2, 0.25) is 11.9 Å². The molecule has 2 heterocycles. The van der Waals surface area contributed by atoms with Crippen molar-refractivity contribution in [1.29, 1.82) is 0 Å². The van der Waals surface area contributed by atoms with E-state index < -0.39 is 11.9 Å². The Labute approximate surface area is 125 Å². The first-order valence-corrected chi connectivity index (χ1v) is 7.70. The van der Waals surface area contributed by atoms with E-state index in [1.807, 2.05) is 6.07 Å². The SMILES string of the molecule is O=C(Nc1ccc(F)nc1F)c1cc2c(s1)CCCCC2. The first-order valence-electron chi connectivity index (χ1n) is 6.88. The van der Waals surface area contributed by atoms with Gasteiger partial charge in [0.25, 0.3) is 5.91 Å². The number of amides is 1. The summed E-state index contributed by atoms with van der Waals surface area (Å²) < 4.78 is 26.2. The van der Waals surface area contributed by atoms with E-state index in [2.05, 4.69) is 10.3 Å². The average molecular weight is 308 g/mol. The number of nitrogens with zero attached hydrogens (tertiary/aromatic N) is 1. The lowest BCUT2D eigenvalue weighted by atomic mass is 10.1. The summed E-state index contributed by atoms with van der Waals surface area (Å²) in [5, 5.41) is 2.45. The van der Waals surface area contributed by atoms with Crippen molar-refractivity contribution in [3.05, 3.63) is 45.4 Å². The van der Waals surface area contributed by atoms with Crippen LogP contribution in [0.3, 0.4) is 0 Å². The molecule has 21 heavy (non-hydrogen) atoms. The van der Waals surface area contributed by atoms with Gasteiger partial charge in [0.1, 0.15) is 0 Å². The van der Waals surface area contributed by atoms with Crippen LogP contribution in [0.1, 0.15) is 39.4 Å². The third-order valence-electron chi connectivity index (χ3n) is 3.53. The highest BCUT2D eigenvalue weighted by molar-refractivity contribution is 7.14. The molecule has 0 bridgehead atoms. The minimum atomic E-state index is -1.01. The maximum atomic E-state index is 13.4. The number of pyridine rings is 1.